The lowest BCUT2D eigenvalue weighted by molar-refractivity contribution is 0.515. The highest BCUT2D eigenvalue weighted by Crippen LogP contribution is 2.57. The number of halogens is 2. The monoisotopic (exact) mass is 261 g/mol. The summed E-state index contributed by atoms with van der Waals surface area (Å²) in [5, 5.41) is 0.724. The minimum Gasteiger partial charge on any atom is -0.422 e. The Labute approximate surface area is 96.0 Å². The molecule has 0 N–H and O–H groups in total. The highest BCUT2D eigenvalue weighted by molar-refractivity contribution is 8.05. The fourth-order valence-electron chi connectivity index (χ4n) is 1.27. The first kappa shape index (κ1) is 10.7. The summed E-state index contributed by atoms with van der Waals surface area (Å²) >= 11 is 10.7. The molecule has 2 rings (SSSR count). The Morgan fingerprint density at radius 3 is 2.73 bits per heavy atom. The molecule has 2 aromatic rings. The molecule has 0 amide bonds. The Kier molecular flexibility index (Phi) is 2.87. The summed E-state index contributed by atoms with van der Waals surface area (Å²) in [7, 11) is 0. The maximum atomic E-state index is 11.1. The van der Waals surface area contributed by atoms with Gasteiger partial charge in [-0.05, 0) is 24.3 Å². The summed E-state index contributed by atoms with van der Waals surface area (Å²) in [6, 6.07) is 8.73. The second-order valence-electron chi connectivity index (χ2n) is 2.83. The average Bonchev–Trinajstić information content (AvgIpc) is 2.16. The van der Waals surface area contributed by atoms with Crippen LogP contribution in [0.15, 0.2) is 36.5 Å². The Balaban J connectivity index is 2.56. The fourth-order valence-corrected chi connectivity index (χ4v) is 2.10. The predicted molar refractivity (Wildman–Crippen MR) is 61.7 cm³/mol. The second kappa shape index (κ2) is 4.01. The topological polar surface area (TPSA) is 39.2 Å². The largest absolute Gasteiger partial charge is 0.428 e. The van der Waals surface area contributed by atoms with E-state index in [9.17, 15) is 4.57 Å². The van der Waals surface area contributed by atoms with Crippen LogP contribution in [0.1, 0.15) is 0 Å². The molecule has 1 heterocycles. The molecule has 0 aliphatic carbocycles. The molecule has 15 heavy (non-hydrogen) atoms. The summed E-state index contributed by atoms with van der Waals surface area (Å²) in [4.78, 5) is 4.12. The Morgan fingerprint density at radius 1 is 1.20 bits per heavy atom. The van der Waals surface area contributed by atoms with Crippen LogP contribution in [0, 0.1) is 0 Å². The van der Waals surface area contributed by atoms with Gasteiger partial charge in [0.25, 0.3) is 0 Å². The van der Waals surface area contributed by atoms with Gasteiger partial charge in [0.15, 0.2) is 0 Å². The highest BCUT2D eigenvalue weighted by atomic mass is 35.9. The van der Waals surface area contributed by atoms with Crippen LogP contribution in [-0.4, -0.2) is 4.98 Å². The number of hydrogen-bond acceptors (Lipinski definition) is 3. The number of fused-ring (bicyclic) bond motifs is 1. The third-order valence-corrected chi connectivity index (χ3v) is 2.63. The number of aromatic nitrogens is 1. The Bertz CT molecular complexity index is 535. The predicted octanol–water partition coefficient (Wildman–Crippen LogP) is 4.20. The van der Waals surface area contributed by atoms with Crippen molar-refractivity contribution in [2.24, 2.45) is 0 Å². The van der Waals surface area contributed by atoms with E-state index in [1.54, 1.807) is 30.5 Å². The zero-order valence-electron chi connectivity index (χ0n) is 7.43. The first-order chi connectivity index (χ1) is 7.06. The first-order valence-corrected chi connectivity index (χ1v) is 7.52. The number of pyridine rings is 1. The van der Waals surface area contributed by atoms with Gasteiger partial charge in [-0.3, -0.25) is 4.98 Å². The van der Waals surface area contributed by atoms with Crippen LogP contribution in [0.4, 0.5) is 0 Å². The lowest BCUT2D eigenvalue weighted by atomic mass is 10.2. The molecule has 0 unspecified atom stereocenters. The molecule has 0 spiro atoms. The molecule has 0 saturated carbocycles. The number of benzene rings is 1. The van der Waals surface area contributed by atoms with E-state index in [2.05, 4.69) is 4.98 Å². The lowest BCUT2D eigenvalue weighted by Crippen LogP contribution is -1.85. The van der Waals surface area contributed by atoms with E-state index in [0.717, 1.165) is 10.9 Å². The van der Waals surface area contributed by atoms with Crippen molar-refractivity contribution in [1.29, 1.82) is 0 Å². The van der Waals surface area contributed by atoms with Crippen molar-refractivity contribution in [3.8, 4) is 5.75 Å². The minimum atomic E-state index is -3.58. The fraction of sp³-hybridized carbons (Fsp3) is 0. The minimum absolute atomic E-state index is 0.369. The van der Waals surface area contributed by atoms with Gasteiger partial charge in [0, 0.05) is 34.1 Å². The van der Waals surface area contributed by atoms with Gasteiger partial charge in [-0.25, -0.2) is 4.57 Å². The van der Waals surface area contributed by atoms with E-state index in [-0.39, 0.29) is 0 Å². The molecule has 1 aromatic heterocycles. The molecule has 0 saturated heterocycles. The summed E-state index contributed by atoms with van der Waals surface area (Å²) in [5.74, 6) is 0.369. The van der Waals surface area contributed by atoms with Crippen molar-refractivity contribution in [3.63, 3.8) is 0 Å². The SMILES string of the molecule is O=P(Cl)(Cl)Oc1cccc2ncccc12. The van der Waals surface area contributed by atoms with Gasteiger partial charge in [-0.2, -0.15) is 0 Å². The third-order valence-electron chi connectivity index (χ3n) is 1.81. The molecule has 0 aliphatic heterocycles. The van der Waals surface area contributed by atoms with E-state index in [1.807, 2.05) is 6.07 Å². The maximum absolute atomic E-state index is 11.1. The normalized spacial score (nSPS) is 11.6. The van der Waals surface area contributed by atoms with Gasteiger partial charge in [-0.1, -0.05) is 6.07 Å². The molecule has 0 bridgehead atoms. The summed E-state index contributed by atoms with van der Waals surface area (Å²) in [6.45, 7) is 0. The van der Waals surface area contributed by atoms with Gasteiger partial charge in [-0.15, -0.1) is 0 Å². The van der Waals surface area contributed by atoms with Gasteiger partial charge in [0.2, 0.25) is 0 Å². The molecular weight excluding hydrogens is 256 g/mol. The van der Waals surface area contributed by atoms with Gasteiger partial charge < -0.3 is 4.52 Å². The van der Waals surface area contributed by atoms with Crippen molar-refractivity contribution in [1.82, 2.24) is 4.98 Å². The van der Waals surface area contributed by atoms with Crippen LogP contribution < -0.4 is 4.52 Å². The maximum Gasteiger partial charge on any atom is 0.428 e. The molecular formula is C9H6Cl2NO2P. The van der Waals surface area contributed by atoms with Gasteiger partial charge >= 0.3 is 6.07 Å². The molecule has 0 radical (unpaired) electrons. The number of hydrogen-bond donors (Lipinski definition) is 0. The van der Waals surface area contributed by atoms with Crippen molar-refractivity contribution in [2.75, 3.05) is 0 Å². The standard InChI is InChI=1S/C9H6Cl2NO2P/c10-15(11,13)14-9-5-1-4-8-7(9)3-2-6-12-8/h1-6H. The molecule has 6 heteroatoms. The first-order valence-electron chi connectivity index (χ1n) is 4.09. The van der Waals surface area contributed by atoms with E-state index < -0.39 is 6.07 Å². The van der Waals surface area contributed by atoms with Crippen molar-refractivity contribution in [3.05, 3.63) is 36.5 Å². The Hall–Kier alpha value is -0.760. The second-order valence-corrected chi connectivity index (χ2v) is 7.03. The van der Waals surface area contributed by atoms with Gasteiger partial charge in [0.1, 0.15) is 5.75 Å². The lowest BCUT2D eigenvalue weighted by Gasteiger charge is -2.08. The zero-order valence-corrected chi connectivity index (χ0v) is 9.84. The molecule has 0 fully saturated rings. The van der Waals surface area contributed by atoms with Crippen LogP contribution in [-0.2, 0) is 4.57 Å². The zero-order chi connectivity index (χ0) is 10.9. The van der Waals surface area contributed by atoms with Crippen LogP contribution >= 0.6 is 28.6 Å². The molecule has 0 aliphatic rings. The van der Waals surface area contributed by atoms with Crippen LogP contribution in [0.25, 0.3) is 10.9 Å². The summed E-state index contributed by atoms with van der Waals surface area (Å²) in [5.41, 5.74) is 0.733. The van der Waals surface area contributed by atoms with Crippen molar-refractivity contribution < 1.29 is 9.09 Å². The molecule has 78 valence electrons. The molecule has 0 atom stereocenters. The van der Waals surface area contributed by atoms with E-state index in [0.29, 0.717) is 5.75 Å². The highest BCUT2D eigenvalue weighted by Gasteiger charge is 2.17. The number of rotatable bonds is 2. The van der Waals surface area contributed by atoms with E-state index in [1.165, 1.54) is 0 Å². The van der Waals surface area contributed by atoms with Crippen LogP contribution in [0.3, 0.4) is 0 Å². The average molecular weight is 262 g/mol. The summed E-state index contributed by atoms with van der Waals surface area (Å²) in [6.07, 6.45) is -1.92. The number of nitrogens with zero attached hydrogens (tertiary/aromatic N) is 1. The molecule has 1 aromatic carbocycles. The van der Waals surface area contributed by atoms with Crippen LogP contribution in [0.2, 0.25) is 0 Å². The summed E-state index contributed by atoms with van der Waals surface area (Å²) < 4.78 is 16.1. The third kappa shape index (κ3) is 2.63. The van der Waals surface area contributed by atoms with Crippen molar-refractivity contribution in [2.45, 2.75) is 0 Å². The van der Waals surface area contributed by atoms with Crippen molar-refractivity contribution >= 4 is 39.5 Å². The van der Waals surface area contributed by atoms with E-state index >= 15 is 0 Å². The molecule has 3 nitrogen and oxygen atoms in total. The quantitative estimate of drug-likeness (QED) is 0.761. The smallest absolute Gasteiger partial charge is 0.422 e. The van der Waals surface area contributed by atoms with E-state index in [4.69, 9.17) is 27.0 Å². The Morgan fingerprint density at radius 2 is 2.00 bits per heavy atom. The van der Waals surface area contributed by atoms with Crippen LogP contribution in [0.5, 0.6) is 5.75 Å². The van der Waals surface area contributed by atoms with Gasteiger partial charge in [0.05, 0.1) is 5.52 Å².